The highest BCUT2D eigenvalue weighted by atomic mass is 32.2. The first kappa shape index (κ1) is 19.1. The van der Waals surface area contributed by atoms with Crippen molar-refractivity contribution < 1.29 is 9.59 Å². The van der Waals surface area contributed by atoms with Crippen LogP contribution in [0.2, 0.25) is 0 Å². The van der Waals surface area contributed by atoms with Gasteiger partial charge in [0.25, 0.3) is 5.91 Å². The lowest BCUT2D eigenvalue weighted by Gasteiger charge is -2.13. The summed E-state index contributed by atoms with van der Waals surface area (Å²) in [4.78, 5) is 29.7. The molecular weight excluding hydrogens is 412 g/mol. The number of para-hydroxylation sites is 1. The van der Waals surface area contributed by atoms with Crippen LogP contribution in [0.3, 0.4) is 0 Å². The number of benzene rings is 1. The number of nitrogens with zero attached hydrogens (tertiary/aromatic N) is 3. The fraction of sp³-hybridized carbons (Fsp3) is 0.263. The minimum Gasteiger partial charge on any atom is -0.356 e. The van der Waals surface area contributed by atoms with Gasteiger partial charge in [-0.2, -0.15) is 0 Å². The Balaban J connectivity index is 1.40. The van der Waals surface area contributed by atoms with Crippen LogP contribution in [0.5, 0.6) is 0 Å². The molecule has 1 amide bonds. The predicted molar refractivity (Wildman–Crippen MR) is 113 cm³/mol. The Morgan fingerprint density at radius 1 is 1.21 bits per heavy atom. The lowest BCUT2D eigenvalue weighted by Crippen LogP contribution is -2.27. The first-order chi connectivity index (χ1) is 13.6. The number of hydrogen-bond acceptors (Lipinski definition) is 6. The topological polar surface area (TPSA) is 71.0 Å². The zero-order valence-corrected chi connectivity index (χ0v) is 17.4. The fourth-order valence-electron chi connectivity index (χ4n) is 3.03. The van der Waals surface area contributed by atoms with E-state index in [2.05, 4.69) is 10.1 Å². The SMILES string of the molecule is O=C(CSc1nn(-c2ccccc2)c(=S)s1)c1c[nH]c(C(=O)N2CCCC2)c1. The van der Waals surface area contributed by atoms with Gasteiger partial charge in [0, 0.05) is 24.8 Å². The van der Waals surface area contributed by atoms with E-state index in [9.17, 15) is 9.59 Å². The van der Waals surface area contributed by atoms with Gasteiger partial charge in [0.05, 0.1) is 11.4 Å². The van der Waals surface area contributed by atoms with Gasteiger partial charge in [0.2, 0.25) is 0 Å². The molecule has 3 heterocycles. The van der Waals surface area contributed by atoms with Crippen molar-refractivity contribution in [2.75, 3.05) is 18.8 Å². The van der Waals surface area contributed by atoms with Gasteiger partial charge in [-0.25, -0.2) is 4.68 Å². The number of aromatic amines is 1. The Bertz CT molecular complexity index is 1050. The summed E-state index contributed by atoms with van der Waals surface area (Å²) >= 11 is 8.13. The molecule has 0 bridgehead atoms. The molecule has 0 unspecified atom stereocenters. The Kier molecular flexibility index (Phi) is 5.74. The van der Waals surface area contributed by atoms with E-state index in [0.29, 0.717) is 15.2 Å². The Morgan fingerprint density at radius 2 is 1.96 bits per heavy atom. The van der Waals surface area contributed by atoms with E-state index in [1.165, 1.54) is 23.1 Å². The zero-order valence-electron chi connectivity index (χ0n) is 15.0. The lowest BCUT2D eigenvalue weighted by molar-refractivity contribution is 0.0787. The molecule has 1 fully saturated rings. The van der Waals surface area contributed by atoms with E-state index in [4.69, 9.17) is 12.2 Å². The number of H-pyrrole nitrogens is 1. The highest BCUT2D eigenvalue weighted by molar-refractivity contribution is 8.01. The molecule has 0 spiro atoms. The number of aromatic nitrogens is 3. The smallest absolute Gasteiger partial charge is 0.270 e. The molecule has 28 heavy (non-hydrogen) atoms. The maximum atomic E-state index is 12.5. The van der Waals surface area contributed by atoms with Crippen molar-refractivity contribution in [3.8, 4) is 5.69 Å². The molecule has 1 N–H and O–H groups in total. The van der Waals surface area contributed by atoms with Gasteiger partial charge in [-0.15, -0.1) is 5.10 Å². The third kappa shape index (κ3) is 4.11. The highest BCUT2D eigenvalue weighted by Gasteiger charge is 2.22. The first-order valence-corrected chi connectivity index (χ1v) is 11.1. The van der Waals surface area contributed by atoms with Gasteiger partial charge in [-0.3, -0.25) is 9.59 Å². The number of amides is 1. The Labute approximate surface area is 175 Å². The fourth-order valence-corrected chi connectivity index (χ4v) is 5.29. The molecule has 0 aliphatic carbocycles. The van der Waals surface area contributed by atoms with Crippen molar-refractivity contribution in [2.45, 2.75) is 17.2 Å². The lowest BCUT2D eigenvalue weighted by atomic mass is 10.2. The van der Waals surface area contributed by atoms with Gasteiger partial charge in [0.1, 0.15) is 5.69 Å². The number of thioether (sulfide) groups is 1. The maximum absolute atomic E-state index is 12.5. The summed E-state index contributed by atoms with van der Waals surface area (Å²) in [5.41, 5.74) is 1.89. The van der Waals surface area contributed by atoms with Crippen LogP contribution in [0, 0.1) is 3.95 Å². The van der Waals surface area contributed by atoms with Crippen molar-refractivity contribution >= 4 is 47.0 Å². The molecule has 2 aromatic heterocycles. The van der Waals surface area contributed by atoms with Crippen LogP contribution >= 0.6 is 35.3 Å². The van der Waals surface area contributed by atoms with Crippen LogP contribution in [0.4, 0.5) is 0 Å². The summed E-state index contributed by atoms with van der Waals surface area (Å²) in [6, 6.07) is 11.3. The second-order valence-electron chi connectivity index (χ2n) is 6.39. The van der Waals surface area contributed by atoms with Crippen LogP contribution in [0.15, 0.2) is 46.9 Å². The number of nitrogens with one attached hydrogen (secondary N) is 1. The van der Waals surface area contributed by atoms with E-state index in [1.54, 1.807) is 16.9 Å². The van der Waals surface area contributed by atoms with Gasteiger partial charge < -0.3 is 9.88 Å². The van der Waals surface area contributed by atoms with E-state index in [0.717, 1.165) is 36.0 Å². The Hall–Kier alpha value is -2.23. The molecule has 0 saturated carbocycles. The Morgan fingerprint density at radius 3 is 2.71 bits per heavy atom. The van der Waals surface area contributed by atoms with Crippen molar-refractivity contribution in [3.63, 3.8) is 0 Å². The normalized spacial score (nSPS) is 13.8. The van der Waals surface area contributed by atoms with Crippen LogP contribution < -0.4 is 0 Å². The quantitative estimate of drug-likeness (QED) is 0.360. The summed E-state index contributed by atoms with van der Waals surface area (Å²) in [6.07, 6.45) is 3.68. The van der Waals surface area contributed by atoms with Crippen molar-refractivity contribution in [1.29, 1.82) is 0 Å². The van der Waals surface area contributed by atoms with Crippen molar-refractivity contribution in [1.82, 2.24) is 19.7 Å². The molecule has 144 valence electrons. The van der Waals surface area contributed by atoms with E-state index in [-0.39, 0.29) is 17.4 Å². The van der Waals surface area contributed by atoms with Gasteiger partial charge in [-0.05, 0) is 43.3 Å². The first-order valence-electron chi connectivity index (χ1n) is 8.91. The van der Waals surface area contributed by atoms with Crippen molar-refractivity contribution in [2.24, 2.45) is 0 Å². The third-order valence-corrected chi connectivity index (χ3v) is 6.85. The predicted octanol–water partition coefficient (Wildman–Crippen LogP) is 4.20. The molecule has 3 aromatic rings. The molecule has 6 nitrogen and oxygen atoms in total. The second-order valence-corrected chi connectivity index (χ2v) is 9.24. The summed E-state index contributed by atoms with van der Waals surface area (Å²) in [6.45, 7) is 1.57. The standard InChI is InChI=1S/C19H18N4O2S3/c24-16(13-10-15(20-11-13)17(25)22-8-4-5-9-22)12-27-18-21-23(19(26)28-18)14-6-2-1-3-7-14/h1-3,6-7,10-11,20H,4-5,8-9,12H2. The molecule has 0 atom stereocenters. The highest BCUT2D eigenvalue weighted by Crippen LogP contribution is 2.25. The summed E-state index contributed by atoms with van der Waals surface area (Å²) < 4.78 is 3.09. The van der Waals surface area contributed by atoms with Gasteiger partial charge >= 0.3 is 0 Å². The minimum absolute atomic E-state index is 0.0382. The summed E-state index contributed by atoms with van der Waals surface area (Å²) in [5, 5.41) is 4.50. The van der Waals surface area contributed by atoms with E-state index >= 15 is 0 Å². The maximum Gasteiger partial charge on any atom is 0.270 e. The summed E-state index contributed by atoms with van der Waals surface area (Å²) in [5.74, 6) is 0.157. The van der Waals surface area contributed by atoms with E-state index < -0.39 is 0 Å². The average Bonchev–Trinajstić information content (AvgIpc) is 3.47. The number of Topliss-reactive ketones (excluding diaryl/α,β-unsaturated/α-hetero) is 1. The van der Waals surface area contributed by atoms with Crippen LogP contribution in [-0.4, -0.2) is 50.2 Å². The molecular formula is C19H18N4O2S3. The zero-order chi connectivity index (χ0) is 19.5. The average molecular weight is 431 g/mol. The van der Waals surface area contributed by atoms with Gasteiger partial charge in [-0.1, -0.05) is 41.3 Å². The number of rotatable bonds is 6. The number of likely N-dealkylation sites (tertiary alicyclic amines) is 1. The van der Waals surface area contributed by atoms with Gasteiger partial charge in [0.15, 0.2) is 14.1 Å². The summed E-state index contributed by atoms with van der Waals surface area (Å²) in [7, 11) is 0. The van der Waals surface area contributed by atoms with Crippen LogP contribution in [0.1, 0.15) is 33.7 Å². The van der Waals surface area contributed by atoms with Crippen LogP contribution in [0.25, 0.3) is 5.69 Å². The molecule has 1 aromatic carbocycles. The molecule has 1 saturated heterocycles. The molecule has 1 aliphatic rings. The minimum atomic E-state index is -0.0471. The largest absolute Gasteiger partial charge is 0.356 e. The molecule has 0 radical (unpaired) electrons. The third-order valence-electron chi connectivity index (χ3n) is 4.49. The molecule has 4 rings (SSSR count). The monoisotopic (exact) mass is 430 g/mol. The number of hydrogen-bond donors (Lipinski definition) is 1. The van der Waals surface area contributed by atoms with E-state index in [1.807, 2.05) is 35.2 Å². The second kappa shape index (κ2) is 8.42. The number of carbonyl (C=O) groups excluding carboxylic acids is 2. The molecule has 1 aliphatic heterocycles. The number of ketones is 1. The van der Waals surface area contributed by atoms with Crippen molar-refractivity contribution in [3.05, 3.63) is 57.8 Å². The number of carbonyl (C=O) groups is 2. The molecule has 9 heteroatoms. The van der Waals surface area contributed by atoms with Crippen LogP contribution in [-0.2, 0) is 0 Å².